The van der Waals surface area contributed by atoms with Gasteiger partial charge in [0.25, 0.3) is 0 Å². The third-order valence-electron chi connectivity index (χ3n) is 3.80. The van der Waals surface area contributed by atoms with Crippen LogP contribution in [0.5, 0.6) is 0 Å². The lowest BCUT2D eigenvalue weighted by Crippen LogP contribution is -2.27. The zero-order chi connectivity index (χ0) is 14.5. The van der Waals surface area contributed by atoms with Gasteiger partial charge >= 0.3 is 0 Å². The van der Waals surface area contributed by atoms with E-state index in [0.717, 1.165) is 19.3 Å². The van der Waals surface area contributed by atoms with Gasteiger partial charge in [-0.1, -0.05) is 23.7 Å². The Morgan fingerprint density at radius 3 is 2.85 bits per heavy atom. The second-order valence-electron chi connectivity index (χ2n) is 5.18. The van der Waals surface area contributed by atoms with E-state index in [4.69, 9.17) is 10.9 Å². The molecular weight excluding hydrogens is 261 g/mol. The number of benzene rings is 1. The van der Waals surface area contributed by atoms with E-state index in [9.17, 15) is 9.50 Å². The van der Waals surface area contributed by atoms with Crippen molar-refractivity contribution < 1.29 is 14.7 Å². The van der Waals surface area contributed by atoms with Crippen LogP contribution in [0.25, 0.3) is 0 Å². The van der Waals surface area contributed by atoms with Gasteiger partial charge in [-0.3, -0.25) is 0 Å². The van der Waals surface area contributed by atoms with Crippen LogP contribution in [0.1, 0.15) is 30.4 Å². The molecule has 0 radical (unpaired) electrons. The van der Waals surface area contributed by atoms with Gasteiger partial charge in [0.1, 0.15) is 5.82 Å². The van der Waals surface area contributed by atoms with E-state index in [1.165, 1.54) is 6.07 Å². The first-order valence-corrected chi connectivity index (χ1v) is 6.77. The Balaban J connectivity index is 1.90. The van der Waals surface area contributed by atoms with Gasteiger partial charge in [-0.05, 0) is 24.8 Å². The number of nitrogens with zero attached hydrogens (tertiary/aromatic N) is 1. The Morgan fingerprint density at radius 1 is 1.45 bits per heavy atom. The Hall–Kier alpha value is -1.66. The average Bonchev–Trinajstić information content (AvgIpc) is 2.85. The monoisotopic (exact) mass is 281 g/mol. The van der Waals surface area contributed by atoms with Gasteiger partial charge in [0.05, 0.1) is 6.10 Å². The topological polar surface area (TPSA) is 90.9 Å². The van der Waals surface area contributed by atoms with Crippen molar-refractivity contribution in [2.24, 2.45) is 16.8 Å². The number of oxime groups is 1. The van der Waals surface area contributed by atoms with Crippen LogP contribution >= 0.6 is 0 Å². The van der Waals surface area contributed by atoms with Gasteiger partial charge in [0.2, 0.25) is 0 Å². The lowest BCUT2D eigenvalue weighted by Gasteiger charge is -2.15. The Morgan fingerprint density at radius 2 is 2.25 bits per heavy atom. The summed E-state index contributed by atoms with van der Waals surface area (Å²) in [7, 11) is 0. The number of nitrogens with two attached hydrogens (primary N) is 1. The Labute approximate surface area is 117 Å². The smallest absolute Gasteiger partial charge is 0.170 e. The van der Waals surface area contributed by atoms with Crippen molar-refractivity contribution in [1.29, 1.82) is 0 Å². The predicted octanol–water partition coefficient (Wildman–Crippen LogP) is 1.17. The number of amidine groups is 1. The molecule has 5 N–H and O–H groups in total. The molecule has 5 nitrogen and oxygen atoms in total. The summed E-state index contributed by atoms with van der Waals surface area (Å²) in [6.07, 6.45) is 2.68. The van der Waals surface area contributed by atoms with Crippen molar-refractivity contribution in [1.82, 2.24) is 5.32 Å². The van der Waals surface area contributed by atoms with Crippen LogP contribution in [0.4, 0.5) is 4.39 Å². The highest BCUT2D eigenvalue weighted by Crippen LogP contribution is 2.24. The second-order valence-corrected chi connectivity index (χ2v) is 5.18. The highest BCUT2D eigenvalue weighted by molar-refractivity contribution is 5.97. The third kappa shape index (κ3) is 3.46. The molecule has 1 fully saturated rings. The SMILES string of the molecule is NC(=NO)c1ccc(CNCC2CCCC2O)c(F)c1. The molecule has 0 saturated heterocycles. The average molecular weight is 281 g/mol. The van der Waals surface area contributed by atoms with Gasteiger partial charge in [-0.25, -0.2) is 4.39 Å². The summed E-state index contributed by atoms with van der Waals surface area (Å²) in [5, 5.41) is 24.2. The summed E-state index contributed by atoms with van der Waals surface area (Å²) in [6.45, 7) is 1.08. The lowest BCUT2D eigenvalue weighted by atomic mass is 10.1. The molecule has 1 aromatic rings. The molecule has 2 unspecified atom stereocenters. The fourth-order valence-electron chi connectivity index (χ4n) is 2.56. The van der Waals surface area contributed by atoms with E-state index in [0.29, 0.717) is 24.2 Å². The molecule has 1 aliphatic rings. The van der Waals surface area contributed by atoms with Crippen molar-refractivity contribution in [3.8, 4) is 0 Å². The summed E-state index contributed by atoms with van der Waals surface area (Å²) in [4.78, 5) is 0. The zero-order valence-corrected chi connectivity index (χ0v) is 11.2. The maximum absolute atomic E-state index is 13.8. The summed E-state index contributed by atoms with van der Waals surface area (Å²) in [6, 6.07) is 4.47. The van der Waals surface area contributed by atoms with Crippen LogP contribution < -0.4 is 11.1 Å². The van der Waals surface area contributed by atoms with Gasteiger partial charge in [-0.15, -0.1) is 0 Å². The summed E-state index contributed by atoms with van der Waals surface area (Å²) in [5.41, 5.74) is 6.27. The minimum absolute atomic E-state index is 0.113. The summed E-state index contributed by atoms with van der Waals surface area (Å²) < 4.78 is 13.8. The fraction of sp³-hybridized carbons (Fsp3) is 0.500. The standard InChI is InChI=1S/C14H20FN3O2/c15-12-6-9(14(16)18-20)4-5-10(12)7-17-8-11-2-1-3-13(11)19/h4-6,11,13,17,19-20H,1-3,7-8H2,(H2,16,18). The van der Waals surface area contributed by atoms with Crippen LogP contribution in [0.15, 0.2) is 23.4 Å². The lowest BCUT2D eigenvalue weighted by molar-refractivity contribution is 0.131. The summed E-state index contributed by atoms with van der Waals surface area (Å²) >= 11 is 0. The quantitative estimate of drug-likeness (QED) is 0.282. The highest BCUT2D eigenvalue weighted by Gasteiger charge is 2.24. The molecule has 0 bridgehead atoms. The molecule has 0 amide bonds. The zero-order valence-electron chi connectivity index (χ0n) is 11.2. The Kier molecular flexibility index (Phi) is 4.92. The van der Waals surface area contributed by atoms with Crippen molar-refractivity contribution >= 4 is 5.84 Å². The maximum Gasteiger partial charge on any atom is 0.170 e. The van der Waals surface area contributed by atoms with Crippen molar-refractivity contribution in [3.05, 3.63) is 35.1 Å². The van der Waals surface area contributed by atoms with Gasteiger partial charge in [0, 0.05) is 24.2 Å². The van der Waals surface area contributed by atoms with Crippen LogP contribution in [0, 0.1) is 11.7 Å². The number of hydrogen-bond donors (Lipinski definition) is 4. The number of halogens is 1. The number of nitrogens with one attached hydrogen (secondary N) is 1. The minimum Gasteiger partial charge on any atom is -0.409 e. The molecule has 1 aromatic carbocycles. The first-order valence-electron chi connectivity index (χ1n) is 6.77. The van der Waals surface area contributed by atoms with E-state index >= 15 is 0 Å². The van der Waals surface area contributed by atoms with Crippen LogP contribution in [0.2, 0.25) is 0 Å². The number of aliphatic hydroxyl groups is 1. The van der Waals surface area contributed by atoms with Crippen LogP contribution in [0.3, 0.4) is 0 Å². The normalized spacial score (nSPS) is 23.2. The minimum atomic E-state index is -0.395. The largest absolute Gasteiger partial charge is 0.409 e. The second kappa shape index (κ2) is 6.67. The first kappa shape index (κ1) is 14.7. The molecule has 2 atom stereocenters. The molecule has 0 aromatic heterocycles. The van der Waals surface area contributed by atoms with Crippen LogP contribution in [-0.4, -0.2) is 28.8 Å². The van der Waals surface area contributed by atoms with Crippen molar-refractivity contribution in [2.75, 3.05) is 6.54 Å². The molecule has 0 spiro atoms. The molecule has 6 heteroatoms. The molecule has 1 saturated carbocycles. The maximum atomic E-state index is 13.8. The highest BCUT2D eigenvalue weighted by atomic mass is 19.1. The predicted molar refractivity (Wildman–Crippen MR) is 74.0 cm³/mol. The Bertz CT molecular complexity index is 493. The number of aliphatic hydroxyl groups excluding tert-OH is 1. The van der Waals surface area contributed by atoms with E-state index in [-0.39, 0.29) is 17.9 Å². The first-order chi connectivity index (χ1) is 9.61. The summed E-state index contributed by atoms with van der Waals surface area (Å²) in [5.74, 6) is -0.249. The van der Waals surface area contributed by atoms with E-state index in [1.54, 1.807) is 12.1 Å². The molecular formula is C14H20FN3O2. The molecule has 1 aliphatic carbocycles. The molecule has 110 valence electrons. The van der Waals surface area contributed by atoms with E-state index < -0.39 is 5.82 Å². The van der Waals surface area contributed by atoms with E-state index in [2.05, 4.69) is 10.5 Å². The number of rotatable bonds is 5. The van der Waals surface area contributed by atoms with Gasteiger partial charge < -0.3 is 21.4 Å². The number of hydrogen-bond acceptors (Lipinski definition) is 4. The van der Waals surface area contributed by atoms with Crippen molar-refractivity contribution in [2.45, 2.75) is 31.9 Å². The van der Waals surface area contributed by atoms with Gasteiger partial charge in [0.15, 0.2) is 5.84 Å². The molecule has 2 rings (SSSR count). The molecule has 0 heterocycles. The molecule has 20 heavy (non-hydrogen) atoms. The fourth-order valence-corrected chi connectivity index (χ4v) is 2.56. The molecule has 0 aliphatic heterocycles. The van der Waals surface area contributed by atoms with Crippen molar-refractivity contribution in [3.63, 3.8) is 0 Å². The van der Waals surface area contributed by atoms with Gasteiger partial charge in [-0.2, -0.15) is 0 Å². The van der Waals surface area contributed by atoms with Crippen LogP contribution in [-0.2, 0) is 6.54 Å². The third-order valence-corrected chi connectivity index (χ3v) is 3.80. The van der Waals surface area contributed by atoms with E-state index in [1.807, 2.05) is 0 Å².